The van der Waals surface area contributed by atoms with E-state index in [0.717, 1.165) is 10.8 Å². The molecule has 0 atom stereocenters. The lowest BCUT2D eigenvalue weighted by atomic mass is 10.2. The van der Waals surface area contributed by atoms with Crippen molar-refractivity contribution >= 4 is 25.0 Å². The van der Waals surface area contributed by atoms with Gasteiger partial charge in [-0.05, 0) is 11.6 Å². The zero-order valence-corrected chi connectivity index (χ0v) is 12.9. The van der Waals surface area contributed by atoms with Crippen molar-refractivity contribution < 1.29 is 0 Å². The maximum absolute atomic E-state index is 4.21. The van der Waals surface area contributed by atoms with Gasteiger partial charge in [-0.2, -0.15) is 0 Å². The minimum absolute atomic E-state index is 0.961. The number of hydrogen-bond acceptors (Lipinski definition) is 3. The SMILES string of the molecule is C[Si](C)(C)c1ccc(CSc2ccncn2)cc1. The highest BCUT2D eigenvalue weighted by molar-refractivity contribution is 7.98. The van der Waals surface area contributed by atoms with Gasteiger partial charge in [-0.3, -0.25) is 0 Å². The first-order valence-electron chi connectivity index (χ1n) is 6.04. The summed E-state index contributed by atoms with van der Waals surface area (Å²) in [4.78, 5) is 8.13. The van der Waals surface area contributed by atoms with Gasteiger partial charge in [0.25, 0.3) is 0 Å². The van der Waals surface area contributed by atoms with Crippen LogP contribution in [-0.4, -0.2) is 18.0 Å². The van der Waals surface area contributed by atoms with Gasteiger partial charge in [-0.1, -0.05) is 49.1 Å². The molecular weight excluding hydrogens is 256 g/mol. The first kappa shape index (κ1) is 13.3. The molecule has 0 fully saturated rings. The molecule has 4 heteroatoms. The van der Waals surface area contributed by atoms with Crippen LogP contribution in [0, 0.1) is 0 Å². The molecule has 0 N–H and O–H groups in total. The molecule has 0 spiro atoms. The fourth-order valence-electron chi connectivity index (χ4n) is 1.62. The molecule has 0 unspecified atom stereocenters. The number of hydrogen-bond donors (Lipinski definition) is 0. The Kier molecular flexibility index (Phi) is 4.19. The Hall–Kier alpha value is -1.13. The van der Waals surface area contributed by atoms with Gasteiger partial charge in [0.1, 0.15) is 6.33 Å². The topological polar surface area (TPSA) is 25.8 Å². The highest BCUT2D eigenvalue weighted by Gasteiger charge is 2.15. The van der Waals surface area contributed by atoms with Crippen molar-refractivity contribution in [2.45, 2.75) is 30.4 Å². The number of aromatic nitrogens is 2. The van der Waals surface area contributed by atoms with E-state index in [0.29, 0.717) is 0 Å². The Morgan fingerprint density at radius 2 is 1.78 bits per heavy atom. The predicted octanol–water partition coefficient (Wildman–Crippen LogP) is 3.31. The molecule has 2 nitrogen and oxygen atoms in total. The van der Waals surface area contributed by atoms with Gasteiger partial charge in [-0.25, -0.2) is 9.97 Å². The second-order valence-corrected chi connectivity index (χ2v) is 11.4. The monoisotopic (exact) mass is 274 g/mol. The fraction of sp³-hybridized carbons (Fsp3) is 0.286. The van der Waals surface area contributed by atoms with Gasteiger partial charge < -0.3 is 0 Å². The summed E-state index contributed by atoms with van der Waals surface area (Å²) in [6.45, 7) is 7.12. The molecular formula is C14H18N2SSi. The summed E-state index contributed by atoms with van der Waals surface area (Å²) in [5.74, 6) is 0.961. The zero-order valence-electron chi connectivity index (χ0n) is 11.1. The number of rotatable bonds is 4. The highest BCUT2D eigenvalue weighted by Crippen LogP contribution is 2.19. The second-order valence-electron chi connectivity index (χ2n) is 5.28. The van der Waals surface area contributed by atoms with Crippen LogP contribution < -0.4 is 5.19 Å². The van der Waals surface area contributed by atoms with Gasteiger partial charge in [0.2, 0.25) is 0 Å². The molecule has 2 aromatic rings. The second kappa shape index (κ2) is 5.67. The lowest BCUT2D eigenvalue weighted by Crippen LogP contribution is -2.37. The molecule has 1 aromatic heterocycles. The summed E-state index contributed by atoms with van der Waals surface area (Å²) in [6, 6.07) is 11.0. The van der Waals surface area contributed by atoms with Crippen LogP contribution in [0.1, 0.15) is 5.56 Å². The van der Waals surface area contributed by atoms with Crippen LogP contribution in [0.15, 0.2) is 47.9 Å². The third kappa shape index (κ3) is 3.68. The molecule has 94 valence electrons. The Morgan fingerprint density at radius 1 is 1.06 bits per heavy atom. The lowest BCUT2D eigenvalue weighted by molar-refractivity contribution is 1.05. The molecule has 0 aliphatic rings. The minimum Gasteiger partial charge on any atom is -0.245 e. The average Bonchev–Trinajstić information content (AvgIpc) is 2.37. The van der Waals surface area contributed by atoms with E-state index < -0.39 is 8.07 Å². The number of thioether (sulfide) groups is 1. The minimum atomic E-state index is -1.17. The van der Waals surface area contributed by atoms with Gasteiger partial charge in [0, 0.05) is 11.9 Å². The van der Waals surface area contributed by atoms with Crippen molar-refractivity contribution in [2.75, 3.05) is 0 Å². The Balaban J connectivity index is 1.99. The molecule has 0 saturated carbocycles. The van der Waals surface area contributed by atoms with Gasteiger partial charge in [0.05, 0.1) is 13.1 Å². The van der Waals surface area contributed by atoms with Crippen LogP contribution in [0.3, 0.4) is 0 Å². The number of nitrogens with zero attached hydrogens (tertiary/aromatic N) is 2. The van der Waals surface area contributed by atoms with E-state index in [2.05, 4.69) is 53.9 Å². The standard InChI is InChI=1S/C14H18N2SSi/c1-18(2,3)13-6-4-12(5-7-13)10-17-14-8-9-15-11-16-14/h4-9,11H,10H2,1-3H3. The zero-order chi connectivity index (χ0) is 13.0. The van der Waals surface area contributed by atoms with Crippen molar-refractivity contribution in [3.63, 3.8) is 0 Å². The van der Waals surface area contributed by atoms with E-state index in [4.69, 9.17) is 0 Å². The molecule has 0 aliphatic carbocycles. The summed E-state index contributed by atoms with van der Waals surface area (Å²) in [5.41, 5.74) is 1.35. The van der Waals surface area contributed by atoms with Gasteiger partial charge >= 0.3 is 0 Å². The Bertz CT molecular complexity index is 491. The van der Waals surface area contributed by atoms with Crippen LogP contribution in [0.4, 0.5) is 0 Å². The first-order valence-corrected chi connectivity index (χ1v) is 10.5. The Labute approximate surface area is 114 Å². The third-order valence-corrected chi connectivity index (χ3v) is 5.84. The maximum atomic E-state index is 4.21. The van der Waals surface area contributed by atoms with Crippen LogP contribution >= 0.6 is 11.8 Å². The normalized spacial score (nSPS) is 11.5. The summed E-state index contributed by atoms with van der Waals surface area (Å²) in [7, 11) is -1.17. The molecule has 0 amide bonds. The molecule has 0 aliphatic heterocycles. The van der Waals surface area contributed by atoms with E-state index in [1.807, 2.05) is 6.07 Å². The van der Waals surface area contributed by atoms with Gasteiger partial charge in [-0.15, -0.1) is 11.8 Å². The molecule has 18 heavy (non-hydrogen) atoms. The average molecular weight is 274 g/mol. The molecule has 0 radical (unpaired) electrons. The van der Waals surface area contributed by atoms with Crippen LogP contribution in [-0.2, 0) is 5.75 Å². The maximum Gasteiger partial charge on any atom is 0.116 e. The van der Waals surface area contributed by atoms with Crippen molar-refractivity contribution in [3.8, 4) is 0 Å². The lowest BCUT2D eigenvalue weighted by Gasteiger charge is -2.16. The largest absolute Gasteiger partial charge is 0.245 e. The van der Waals surface area contributed by atoms with Crippen molar-refractivity contribution in [1.82, 2.24) is 9.97 Å². The van der Waals surface area contributed by atoms with E-state index in [-0.39, 0.29) is 0 Å². The third-order valence-electron chi connectivity index (χ3n) is 2.76. The van der Waals surface area contributed by atoms with E-state index in [1.54, 1.807) is 24.3 Å². The summed E-state index contributed by atoms with van der Waals surface area (Å²) in [6.07, 6.45) is 3.38. The predicted molar refractivity (Wildman–Crippen MR) is 81.0 cm³/mol. The molecule has 1 aromatic carbocycles. The van der Waals surface area contributed by atoms with Crippen LogP contribution in [0.2, 0.25) is 19.6 Å². The van der Waals surface area contributed by atoms with Crippen molar-refractivity contribution in [2.24, 2.45) is 0 Å². The fourth-order valence-corrected chi connectivity index (χ4v) is 3.57. The van der Waals surface area contributed by atoms with E-state index >= 15 is 0 Å². The smallest absolute Gasteiger partial charge is 0.116 e. The number of benzene rings is 1. The molecule has 1 heterocycles. The molecule has 0 saturated heterocycles. The molecule has 0 bridgehead atoms. The van der Waals surface area contributed by atoms with Crippen LogP contribution in [0.5, 0.6) is 0 Å². The van der Waals surface area contributed by atoms with E-state index in [9.17, 15) is 0 Å². The summed E-state index contributed by atoms with van der Waals surface area (Å²) in [5, 5.41) is 2.54. The highest BCUT2D eigenvalue weighted by atomic mass is 32.2. The first-order chi connectivity index (χ1) is 8.55. The molecule has 2 rings (SSSR count). The summed E-state index contributed by atoms with van der Waals surface area (Å²) >= 11 is 1.75. The van der Waals surface area contributed by atoms with E-state index in [1.165, 1.54) is 10.8 Å². The van der Waals surface area contributed by atoms with Crippen molar-refractivity contribution in [1.29, 1.82) is 0 Å². The van der Waals surface area contributed by atoms with Crippen LogP contribution in [0.25, 0.3) is 0 Å². The van der Waals surface area contributed by atoms with Crippen molar-refractivity contribution in [3.05, 3.63) is 48.4 Å². The van der Waals surface area contributed by atoms with Gasteiger partial charge in [0.15, 0.2) is 0 Å². The summed E-state index contributed by atoms with van der Waals surface area (Å²) < 4.78 is 0. The quantitative estimate of drug-likeness (QED) is 0.486. The Morgan fingerprint density at radius 3 is 2.33 bits per heavy atom.